The molecule has 1 aromatic rings. The molecule has 1 aromatic carbocycles. The van der Waals surface area contributed by atoms with Gasteiger partial charge in [-0.25, -0.2) is 0 Å². The number of rotatable bonds is 7. The summed E-state index contributed by atoms with van der Waals surface area (Å²) < 4.78 is 5.14. The van der Waals surface area contributed by atoms with E-state index in [1.165, 1.54) is 0 Å². The van der Waals surface area contributed by atoms with Crippen LogP contribution in [0, 0.1) is 5.41 Å². The molecule has 19 heavy (non-hydrogen) atoms. The van der Waals surface area contributed by atoms with Crippen molar-refractivity contribution in [2.45, 2.75) is 33.2 Å². The molecule has 108 valence electrons. The van der Waals surface area contributed by atoms with Crippen LogP contribution in [0.4, 0.5) is 0 Å². The van der Waals surface area contributed by atoms with Gasteiger partial charge in [-0.05, 0) is 36.5 Å². The summed E-state index contributed by atoms with van der Waals surface area (Å²) in [6.45, 7) is 8.27. The van der Waals surface area contributed by atoms with Gasteiger partial charge in [-0.15, -0.1) is 0 Å². The first-order valence-corrected chi connectivity index (χ1v) is 7.28. The van der Waals surface area contributed by atoms with E-state index in [1.807, 2.05) is 12.1 Å². The fourth-order valence-corrected chi connectivity index (χ4v) is 2.43. The van der Waals surface area contributed by atoms with E-state index in [2.05, 4.69) is 26.1 Å². The zero-order chi connectivity index (χ0) is 14.5. The van der Waals surface area contributed by atoms with Gasteiger partial charge in [0.15, 0.2) is 0 Å². The quantitative estimate of drug-likeness (QED) is 0.788. The fourth-order valence-electron chi connectivity index (χ4n) is 1.86. The van der Waals surface area contributed by atoms with E-state index in [1.54, 1.807) is 13.2 Å². The lowest BCUT2D eigenvalue weighted by molar-refractivity contribution is 0.149. The Balaban J connectivity index is 2.57. The van der Waals surface area contributed by atoms with Gasteiger partial charge in [0.25, 0.3) is 0 Å². The SMILES string of the molecule is COCCC(C)(C)CNC(C)c1ccc(Cl)cc1Cl. The minimum Gasteiger partial charge on any atom is -0.385 e. The van der Waals surface area contributed by atoms with E-state index >= 15 is 0 Å². The third-order valence-corrected chi connectivity index (χ3v) is 3.86. The molecule has 0 radical (unpaired) electrons. The van der Waals surface area contributed by atoms with E-state index in [9.17, 15) is 0 Å². The van der Waals surface area contributed by atoms with Gasteiger partial charge in [-0.3, -0.25) is 0 Å². The molecule has 1 rings (SSSR count). The Morgan fingerprint density at radius 1 is 1.32 bits per heavy atom. The van der Waals surface area contributed by atoms with Crippen LogP contribution in [0.5, 0.6) is 0 Å². The Labute approximate surface area is 126 Å². The molecule has 1 atom stereocenters. The van der Waals surface area contributed by atoms with Crippen LogP contribution < -0.4 is 5.32 Å². The molecule has 0 aliphatic carbocycles. The van der Waals surface area contributed by atoms with Gasteiger partial charge < -0.3 is 10.1 Å². The van der Waals surface area contributed by atoms with Crippen molar-refractivity contribution in [3.63, 3.8) is 0 Å². The monoisotopic (exact) mass is 303 g/mol. The lowest BCUT2D eigenvalue weighted by Gasteiger charge is -2.27. The molecule has 1 N–H and O–H groups in total. The predicted molar refractivity (Wildman–Crippen MR) is 83.2 cm³/mol. The predicted octanol–water partition coefficient (Wildman–Crippen LogP) is 4.71. The Bertz CT molecular complexity index is 407. The Morgan fingerprint density at radius 2 is 2.00 bits per heavy atom. The van der Waals surface area contributed by atoms with Crippen LogP contribution in [0.3, 0.4) is 0 Å². The minimum absolute atomic E-state index is 0.198. The number of hydrogen-bond donors (Lipinski definition) is 1. The molecular formula is C15H23Cl2NO. The van der Waals surface area contributed by atoms with Crippen LogP contribution in [0.2, 0.25) is 10.0 Å². The van der Waals surface area contributed by atoms with Gasteiger partial charge in [0.1, 0.15) is 0 Å². The third-order valence-electron chi connectivity index (χ3n) is 3.30. The minimum atomic E-state index is 0.198. The number of hydrogen-bond acceptors (Lipinski definition) is 2. The lowest BCUT2D eigenvalue weighted by atomic mass is 9.89. The van der Waals surface area contributed by atoms with Crippen molar-refractivity contribution in [2.24, 2.45) is 5.41 Å². The average Bonchev–Trinajstić information content (AvgIpc) is 2.34. The number of nitrogens with one attached hydrogen (secondary N) is 1. The molecule has 0 saturated carbocycles. The number of ether oxygens (including phenoxy) is 1. The third kappa shape index (κ3) is 5.70. The van der Waals surface area contributed by atoms with Gasteiger partial charge in [-0.2, -0.15) is 0 Å². The van der Waals surface area contributed by atoms with E-state index in [0.29, 0.717) is 10.0 Å². The van der Waals surface area contributed by atoms with Crippen LogP contribution in [-0.2, 0) is 4.74 Å². The van der Waals surface area contributed by atoms with Crippen LogP contribution >= 0.6 is 23.2 Å². The molecule has 0 bridgehead atoms. The van der Waals surface area contributed by atoms with Crippen molar-refractivity contribution >= 4 is 23.2 Å². The second-order valence-corrected chi connectivity index (χ2v) is 6.52. The van der Waals surface area contributed by atoms with Gasteiger partial charge in [0, 0.05) is 36.3 Å². The second kappa shape index (κ2) is 7.49. The van der Waals surface area contributed by atoms with E-state index in [0.717, 1.165) is 25.1 Å². The molecule has 0 fully saturated rings. The van der Waals surface area contributed by atoms with Crippen molar-refractivity contribution in [3.05, 3.63) is 33.8 Å². The van der Waals surface area contributed by atoms with Crippen LogP contribution in [0.25, 0.3) is 0 Å². The summed E-state index contributed by atoms with van der Waals surface area (Å²) in [6, 6.07) is 5.83. The first-order chi connectivity index (χ1) is 8.85. The number of benzene rings is 1. The summed E-state index contributed by atoms with van der Waals surface area (Å²) in [5, 5.41) is 4.90. The first-order valence-electron chi connectivity index (χ1n) is 6.53. The maximum atomic E-state index is 6.21. The Kier molecular flexibility index (Phi) is 6.61. The first kappa shape index (κ1) is 16.8. The zero-order valence-electron chi connectivity index (χ0n) is 12.1. The smallest absolute Gasteiger partial charge is 0.0468 e. The summed E-state index contributed by atoms with van der Waals surface area (Å²) in [5.41, 5.74) is 1.28. The highest BCUT2D eigenvalue weighted by Gasteiger charge is 2.19. The maximum Gasteiger partial charge on any atom is 0.0468 e. The summed E-state index contributed by atoms with van der Waals surface area (Å²) >= 11 is 12.1. The summed E-state index contributed by atoms with van der Waals surface area (Å²) in [6.07, 6.45) is 1.03. The molecule has 0 saturated heterocycles. The average molecular weight is 304 g/mol. The van der Waals surface area contributed by atoms with Gasteiger partial charge in [0.05, 0.1) is 0 Å². The standard InChI is InChI=1S/C15H23Cl2NO/c1-11(13-6-5-12(16)9-14(13)17)18-10-15(2,3)7-8-19-4/h5-6,9,11,18H,7-8,10H2,1-4H3. The fraction of sp³-hybridized carbons (Fsp3) is 0.600. The zero-order valence-corrected chi connectivity index (χ0v) is 13.6. The molecule has 0 aliphatic rings. The summed E-state index contributed by atoms with van der Waals surface area (Å²) in [7, 11) is 1.74. The molecule has 0 heterocycles. The van der Waals surface area contributed by atoms with Gasteiger partial charge in [-0.1, -0.05) is 43.1 Å². The molecule has 0 amide bonds. The van der Waals surface area contributed by atoms with Crippen LogP contribution in [0.1, 0.15) is 38.8 Å². The highest BCUT2D eigenvalue weighted by atomic mass is 35.5. The van der Waals surface area contributed by atoms with Crippen molar-refractivity contribution in [1.29, 1.82) is 0 Å². The van der Waals surface area contributed by atoms with Crippen LogP contribution in [-0.4, -0.2) is 20.3 Å². The lowest BCUT2D eigenvalue weighted by Crippen LogP contribution is -2.32. The van der Waals surface area contributed by atoms with E-state index in [4.69, 9.17) is 27.9 Å². The normalized spacial score (nSPS) is 13.6. The topological polar surface area (TPSA) is 21.3 Å². The summed E-state index contributed by atoms with van der Waals surface area (Å²) in [5.74, 6) is 0. The number of methoxy groups -OCH3 is 1. The highest BCUT2D eigenvalue weighted by Crippen LogP contribution is 2.27. The molecule has 0 aromatic heterocycles. The second-order valence-electron chi connectivity index (χ2n) is 5.68. The Morgan fingerprint density at radius 3 is 2.58 bits per heavy atom. The van der Waals surface area contributed by atoms with Crippen molar-refractivity contribution in [2.75, 3.05) is 20.3 Å². The van der Waals surface area contributed by atoms with E-state index < -0.39 is 0 Å². The van der Waals surface area contributed by atoms with Gasteiger partial charge in [0.2, 0.25) is 0 Å². The number of halogens is 2. The highest BCUT2D eigenvalue weighted by molar-refractivity contribution is 6.35. The molecule has 4 heteroatoms. The van der Waals surface area contributed by atoms with Crippen molar-refractivity contribution < 1.29 is 4.74 Å². The largest absolute Gasteiger partial charge is 0.385 e. The van der Waals surface area contributed by atoms with E-state index in [-0.39, 0.29) is 11.5 Å². The van der Waals surface area contributed by atoms with Crippen molar-refractivity contribution in [3.8, 4) is 0 Å². The molecule has 0 aliphatic heterocycles. The maximum absolute atomic E-state index is 6.21. The summed E-state index contributed by atoms with van der Waals surface area (Å²) in [4.78, 5) is 0. The molecule has 1 unspecified atom stereocenters. The van der Waals surface area contributed by atoms with Crippen molar-refractivity contribution in [1.82, 2.24) is 5.32 Å². The van der Waals surface area contributed by atoms with Gasteiger partial charge >= 0.3 is 0 Å². The Hall–Kier alpha value is -0.280. The molecule has 0 spiro atoms. The molecular weight excluding hydrogens is 281 g/mol. The van der Waals surface area contributed by atoms with Crippen LogP contribution in [0.15, 0.2) is 18.2 Å². The molecule has 2 nitrogen and oxygen atoms in total.